The first-order chi connectivity index (χ1) is 10.0. The van der Waals surface area contributed by atoms with E-state index in [-0.39, 0.29) is 11.9 Å². The standard InChI is InChI=1S/C16H17BrFNO2/c1-10(19-11-4-6-15(18)14(17)8-11)13-9-12(20-2)5-7-16(13)21-3/h4-10,19H,1-3H3. The summed E-state index contributed by atoms with van der Waals surface area (Å²) >= 11 is 3.18. The smallest absolute Gasteiger partial charge is 0.137 e. The molecule has 0 spiro atoms. The van der Waals surface area contributed by atoms with Gasteiger partial charge in [-0.15, -0.1) is 0 Å². The van der Waals surface area contributed by atoms with Gasteiger partial charge in [-0.05, 0) is 59.3 Å². The van der Waals surface area contributed by atoms with Gasteiger partial charge in [-0.2, -0.15) is 0 Å². The zero-order chi connectivity index (χ0) is 15.4. The number of nitrogens with one attached hydrogen (secondary N) is 1. The second-order valence-electron chi connectivity index (χ2n) is 4.60. The SMILES string of the molecule is COc1ccc(OC)c(C(C)Nc2ccc(F)c(Br)c2)c1. The molecule has 0 aliphatic carbocycles. The summed E-state index contributed by atoms with van der Waals surface area (Å²) in [5, 5.41) is 3.32. The lowest BCUT2D eigenvalue weighted by atomic mass is 10.1. The van der Waals surface area contributed by atoms with E-state index in [0.717, 1.165) is 22.7 Å². The topological polar surface area (TPSA) is 30.5 Å². The molecule has 1 N–H and O–H groups in total. The largest absolute Gasteiger partial charge is 0.497 e. The maximum Gasteiger partial charge on any atom is 0.137 e. The van der Waals surface area contributed by atoms with Crippen molar-refractivity contribution in [2.75, 3.05) is 19.5 Å². The molecule has 1 atom stereocenters. The molecular formula is C16H17BrFNO2. The summed E-state index contributed by atoms with van der Waals surface area (Å²) in [6.45, 7) is 2.01. The molecule has 3 nitrogen and oxygen atoms in total. The zero-order valence-electron chi connectivity index (χ0n) is 12.1. The third-order valence-corrected chi connectivity index (χ3v) is 3.81. The van der Waals surface area contributed by atoms with Crippen LogP contribution in [0.2, 0.25) is 0 Å². The van der Waals surface area contributed by atoms with Gasteiger partial charge in [-0.25, -0.2) is 4.39 Å². The molecule has 112 valence electrons. The van der Waals surface area contributed by atoms with Crippen LogP contribution in [0.3, 0.4) is 0 Å². The average molecular weight is 354 g/mol. The molecule has 2 aromatic carbocycles. The molecule has 0 heterocycles. The second-order valence-corrected chi connectivity index (χ2v) is 5.46. The highest BCUT2D eigenvalue weighted by Crippen LogP contribution is 2.32. The molecule has 2 rings (SSSR count). The first-order valence-corrected chi connectivity index (χ1v) is 7.28. The van der Waals surface area contributed by atoms with Crippen molar-refractivity contribution in [1.29, 1.82) is 0 Å². The van der Waals surface area contributed by atoms with Crippen LogP contribution in [0.5, 0.6) is 11.5 Å². The zero-order valence-corrected chi connectivity index (χ0v) is 13.7. The fourth-order valence-corrected chi connectivity index (χ4v) is 2.47. The van der Waals surface area contributed by atoms with Crippen molar-refractivity contribution < 1.29 is 13.9 Å². The highest BCUT2D eigenvalue weighted by atomic mass is 79.9. The quantitative estimate of drug-likeness (QED) is 0.838. The van der Waals surface area contributed by atoms with E-state index in [1.807, 2.05) is 25.1 Å². The summed E-state index contributed by atoms with van der Waals surface area (Å²) in [7, 11) is 3.26. The van der Waals surface area contributed by atoms with Gasteiger partial charge in [-0.1, -0.05) is 0 Å². The van der Waals surface area contributed by atoms with E-state index in [1.54, 1.807) is 26.4 Å². The Morgan fingerprint density at radius 2 is 1.86 bits per heavy atom. The minimum atomic E-state index is -0.285. The lowest BCUT2D eigenvalue weighted by Gasteiger charge is -2.19. The molecule has 0 saturated carbocycles. The molecule has 0 aliphatic heterocycles. The summed E-state index contributed by atoms with van der Waals surface area (Å²) in [4.78, 5) is 0. The van der Waals surface area contributed by atoms with Gasteiger partial charge in [0.15, 0.2) is 0 Å². The molecule has 5 heteroatoms. The van der Waals surface area contributed by atoms with Crippen LogP contribution in [0.15, 0.2) is 40.9 Å². The molecule has 0 amide bonds. The molecule has 21 heavy (non-hydrogen) atoms. The molecule has 1 unspecified atom stereocenters. The van der Waals surface area contributed by atoms with E-state index < -0.39 is 0 Å². The van der Waals surface area contributed by atoms with Crippen LogP contribution in [0.4, 0.5) is 10.1 Å². The Hall–Kier alpha value is -1.75. The van der Waals surface area contributed by atoms with E-state index in [4.69, 9.17) is 9.47 Å². The van der Waals surface area contributed by atoms with Crippen LogP contribution in [0.1, 0.15) is 18.5 Å². The molecule has 0 aliphatic rings. The third-order valence-electron chi connectivity index (χ3n) is 3.21. The van der Waals surface area contributed by atoms with Crippen LogP contribution in [0.25, 0.3) is 0 Å². The van der Waals surface area contributed by atoms with Crippen molar-refractivity contribution in [2.45, 2.75) is 13.0 Å². The number of hydrogen-bond acceptors (Lipinski definition) is 3. The molecule has 0 radical (unpaired) electrons. The Balaban J connectivity index is 2.26. The summed E-state index contributed by atoms with van der Waals surface area (Å²) in [6.07, 6.45) is 0. The predicted octanol–water partition coefficient (Wildman–Crippen LogP) is 4.78. The van der Waals surface area contributed by atoms with Crippen LogP contribution in [-0.4, -0.2) is 14.2 Å². The van der Waals surface area contributed by atoms with Gasteiger partial charge in [-0.3, -0.25) is 0 Å². The number of anilines is 1. The van der Waals surface area contributed by atoms with Crippen molar-refractivity contribution in [3.63, 3.8) is 0 Å². The fraction of sp³-hybridized carbons (Fsp3) is 0.250. The Morgan fingerprint density at radius 3 is 2.48 bits per heavy atom. The number of halogens is 2. The van der Waals surface area contributed by atoms with Gasteiger partial charge in [0.1, 0.15) is 17.3 Å². The van der Waals surface area contributed by atoms with Crippen LogP contribution < -0.4 is 14.8 Å². The molecule has 0 bridgehead atoms. The summed E-state index contributed by atoms with van der Waals surface area (Å²) in [6, 6.07) is 10.4. The number of methoxy groups -OCH3 is 2. The lowest BCUT2D eigenvalue weighted by molar-refractivity contribution is 0.397. The van der Waals surface area contributed by atoms with Crippen molar-refractivity contribution in [1.82, 2.24) is 0 Å². The first kappa shape index (κ1) is 15.6. The van der Waals surface area contributed by atoms with Crippen molar-refractivity contribution in [3.05, 3.63) is 52.3 Å². The Bertz CT molecular complexity index is 634. The van der Waals surface area contributed by atoms with E-state index in [0.29, 0.717) is 4.47 Å². The highest BCUT2D eigenvalue weighted by Gasteiger charge is 2.13. The van der Waals surface area contributed by atoms with E-state index in [9.17, 15) is 4.39 Å². The van der Waals surface area contributed by atoms with E-state index >= 15 is 0 Å². The second kappa shape index (κ2) is 6.80. The molecular weight excluding hydrogens is 337 g/mol. The molecule has 0 saturated heterocycles. The molecule has 2 aromatic rings. The fourth-order valence-electron chi connectivity index (χ4n) is 2.09. The Morgan fingerprint density at radius 1 is 1.10 bits per heavy atom. The van der Waals surface area contributed by atoms with Gasteiger partial charge < -0.3 is 14.8 Å². The van der Waals surface area contributed by atoms with Gasteiger partial charge in [0.25, 0.3) is 0 Å². The average Bonchev–Trinajstić information content (AvgIpc) is 2.50. The monoisotopic (exact) mass is 353 g/mol. The van der Waals surface area contributed by atoms with E-state index in [2.05, 4.69) is 21.2 Å². The Kier molecular flexibility index (Phi) is 5.07. The van der Waals surface area contributed by atoms with Crippen molar-refractivity contribution in [3.8, 4) is 11.5 Å². The predicted molar refractivity (Wildman–Crippen MR) is 85.7 cm³/mol. The maximum absolute atomic E-state index is 13.3. The van der Waals surface area contributed by atoms with Gasteiger partial charge in [0, 0.05) is 11.3 Å². The van der Waals surface area contributed by atoms with Gasteiger partial charge in [0.05, 0.1) is 24.7 Å². The molecule has 0 fully saturated rings. The highest BCUT2D eigenvalue weighted by molar-refractivity contribution is 9.10. The number of benzene rings is 2. The van der Waals surface area contributed by atoms with E-state index in [1.165, 1.54) is 6.07 Å². The minimum absolute atomic E-state index is 0.0209. The van der Waals surface area contributed by atoms with Gasteiger partial charge >= 0.3 is 0 Å². The first-order valence-electron chi connectivity index (χ1n) is 6.48. The third kappa shape index (κ3) is 3.67. The molecule has 0 aromatic heterocycles. The summed E-state index contributed by atoms with van der Waals surface area (Å²) < 4.78 is 24.3. The van der Waals surface area contributed by atoms with Crippen molar-refractivity contribution in [2.24, 2.45) is 0 Å². The van der Waals surface area contributed by atoms with Crippen LogP contribution in [-0.2, 0) is 0 Å². The number of ether oxygens (including phenoxy) is 2. The summed E-state index contributed by atoms with van der Waals surface area (Å²) in [5.74, 6) is 1.25. The van der Waals surface area contributed by atoms with Crippen LogP contribution >= 0.6 is 15.9 Å². The number of hydrogen-bond donors (Lipinski definition) is 1. The van der Waals surface area contributed by atoms with Crippen LogP contribution in [0, 0.1) is 5.82 Å². The van der Waals surface area contributed by atoms with Gasteiger partial charge in [0.2, 0.25) is 0 Å². The van der Waals surface area contributed by atoms with Crippen molar-refractivity contribution >= 4 is 21.6 Å². The lowest BCUT2D eigenvalue weighted by Crippen LogP contribution is -2.08. The summed E-state index contributed by atoms with van der Waals surface area (Å²) in [5.41, 5.74) is 1.79. The Labute approximate surface area is 132 Å². The normalized spacial score (nSPS) is 11.9. The number of rotatable bonds is 5. The maximum atomic E-state index is 13.3. The minimum Gasteiger partial charge on any atom is -0.497 e.